The third kappa shape index (κ3) is 3.40. The summed E-state index contributed by atoms with van der Waals surface area (Å²) >= 11 is 0. The van der Waals surface area contributed by atoms with E-state index >= 15 is 0 Å². The first kappa shape index (κ1) is 20.4. The smallest absolute Gasteiger partial charge is 0.344 e. The summed E-state index contributed by atoms with van der Waals surface area (Å²) in [6.45, 7) is 1.94. The molecule has 0 radical (unpaired) electrons. The monoisotopic (exact) mass is 436 g/mol. The van der Waals surface area contributed by atoms with Gasteiger partial charge in [0.2, 0.25) is 5.88 Å². The number of ether oxygens (including phenoxy) is 2. The maximum atomic E-state index is 13.0. The molecule has 0 amide bonds. The second-order valence-corrected chi connectivity index (χ2v) is 7.91. The minimum absolute atomic E-state index is 0.0136. The van der Waals surface area contributed by atoms with Crippen molar-refractivity contribution in [1.29, 1.82) is 5.26 Å². The van der Waals surface area contributed by atoms with Crippen molar-refractivity contribution in [2.75, 3.05) is 7.11 Å². The molecule has 1 unspecified atom stereocenters. The van der Waals surface area contributed by atoms with Gasteiger partial charge < -0.3 is 19.6 Å². The molecule has 1 aromatic heterocycles. The molecule has 6 heteroatoms. The molecule has 162 valence electrons. The Bertz CT molecular complexity index is 1530. The van der Waals surface area contributed by atoms with E-state index in [4.69, 9.17) is 19.6 Å². The van der Waals surface area contributed by atoms with Gasteiger partial charge in [-0.3, -0.25) is 0 Å². The third-order valence-electron chi connectivity index (χ3n) is 5.87. The Morgan fingerprint density at radius 2 is 1.82 bits per heavy atom. The Labute approximate surface area is 190 Å². The molecule has 1 aliphatic rings. The first-order chi connectivity index (χ1) is 16.0. The van der Waals surface area contributed by atoms with E-state index in [9.17, 15) is 10.1 Å². The fraction of sp³-hybridized carbons (Fsp3) is 0.111. The molecule has 0 spiro atoms. The SMILES string of the molecule is COc1cccc(-c2ccc(C3C(C#N)=C(N)Oc4c3c(=O)oc3ccc(C)cc43)cc2)c1. The number of methoxy groups -OCH3 is 1. The molecule has 0 bridgehead atoms. The Hall–Kier alpha value is -4.50. The van der Waals surface area contributed by atoms with Crippen molar-refractivity contribution in [1.82, 2.24) is 0 Å². The van der Waals surface area contributed by atoms with E-state index in [2.05, 4.69) is 6.07 Å². The van der Waals surface area contributed by atoms with Crippen LogP contribution in [-0.4, -0.2) is 7.11 Å². The molecular weight excluding hydrogens is 416 g/mol. The lowest BCUT2D eigenvalue weighted by Crippen LogP contribution is -2.26. The van der Waals surface area contributed by atoms with Gasteiger partial charge in [-0.2, -0.15) is 5.26 Å². The van der Waals surface area contributed by atoms with Crippen molar-refractivity contribution in [3.05, 3.63) is 105 Å². The van der Waals surface area contributed by atoms with Crippen molar-refractivity contribution in [3.63, 3.8) is 0 Å². The summed E-state index contributed by atoms with van der Waals surface area (Å²) in [4.78, 5) is 13.0. The average Bonchev–Trinajstić information content (AvgIpc) is 2.84. The zero-order valence-corrected chi connectivity index (χ0v) is 18.1. The molecule has 0 fully saturated rings. The van der Waals surface area contributed by atoms with Crippen LogP contribution in [0.15, 0.2) is 87.4 Å². The van der Waals surface area contributed by atoms with Gasteiger partial charge in [-0.1, -0.05) is 48.0 Å². The highest BCUT2D eigenvalue weighted by Crippen LogP contribution is 2.44. The molecule has 0 saturated heterocycles. The minimum Gasteiger partial charge on any atom is -0.497 e. The zero-order chi connectivity index (χ0) is 23.1. The van der Waals surface area contributed by atoms with Crippen LogP contribution < -0.4 is 20.8 Å². The molecule has 1 atom stereocenters. The molecular formula is C27H20N2O4. The van der Waals surface area contributed by atoms with E-state index in [0.717, 1.165) is 28.0 Å². The number of nitriles is 1. The number of nitrogens with zero attached hydrogens (tertiary/aromatic N) is 1. The highest BCUT2D eigenvalue weighted by Gasteiger charge is 2.35. The Morgan fingerprint density at radius 1 is 1.03 bits per heavy atom. The van der Waals surface area contributed by atoms with Gasteiger partial charge in [0.05, 0.1) is 24.0 Å². The lowest BCUT2D eigenvalue weighted by Gasteiger charge is -2.26. The van der Waals surface area contributed by atoms with Crippen molar-refractivity contribution >= 4 is 11.0 Å². The number of nitrogens with two attached hydrogens (primary N) is 1. The number of benzene rings is 3. The lowest BCUT2D eigenvalue weighted by atomic mass is 9.83. The van der Waals surface area contributed by atoms with E-state index in [-0.39, 0.29) is 17.0 Å². The van der Waals surface area contributed by atoms with Crippen molar-refractivity contribution in [2.24, 2.45) is 5.73 Å². The summed E-state index contributed by atoms with van der Waals surface area (Å²) in [5.74, 6) is 0.389. The maximum absolute atomic E-state index is 13.0. The van der Waals surface area contributed by atoms with E-state index < -0.39 is 11.5 Å². The van der Waals surface area contributed by atoms with Gasteiger partial charge in [0.15, 0.2) is 5.75 Å². The summed E-state index contributed by atoms with van der Waals surface area (Å²) in [5.41, 5.74) is 10.1. The number of rotatable bonds is 3. The van der Waals surface area contributed by atoms with Crippen LogP contribution in [0, 0.1) is 18.3 Å². The predicted octanol–water partition coefficient (Wildman–Crippen LogP) is 5.00. The maximum Gasteiger partial charge on any atom is 0.344 e. The Kier molecular flexibility index (Phi) is 4.87. The zero-order valence-electron chi connectivity index (χ0n) is 18.1. The molecule has 0 saturated carbocycles. The number of hydrogen-bond donors (Lipinski definition) is 1. The van der Waals surface area contributed by atoms with E-state index in [1.165, 1.54) is 0 Å². The number of fused-ring (bicyclic) bond motifs is 3. The Balaban J connectivity index is 1.68. The van der Waals surface area contributed by atoms with Crippen LogP contribution >= 0.6 is 0 Å². The van der Waals surface area contributed by atoms with Gasteiger partial charge in [-0.25, -0.2) is 4.79 Å². The first-order valence-corrected chi connectivity index (χ1v) is 10.4. The lowest BCUT2D eigenvalue weighted by molar-refractivity contribution is 0.388. The van der Waals surface area contributed by atoms with Gasteiger partial charge in [0, 0.05) is 0 Å². The van der Waals surface area contributed by atoms with Crippen molar-refractivity contribution in [2.45, 2.75) is 12.8 Å². The molecule has 33 heavy (non-hydrogen) atoms. The average molecular weight is 436 g/mol. The summed E-state index contributed by atoms with van der Waals surface area (Å²) in [6, 6.07) is 23.0. The number of allylic oxidation sites excluding steroid dienone is 1. The molecule has 4 aromatic rings. The normalized spacial score (nSPS) is 15.0. The van der Waals surface area contributed by atoms with Crippen LogP contribution in [0.25, 0.3) is 22.1 Å². The van der Waals surface area contributed by atoms with E-state index in [0.29, 0.717) is 16.7 Å². The number of hydrogen-bond acceptors (Lipinski definition) is 6. The molecule has 2 heterocycles. The fourth-order valence-corrected chi connectivity index (χ4v) is 4.24. The van der Waals surface area contributed by atoms with Gasteiger partial charge in [-0.15, -0.1) is 0 Å². The summed E-state index contributed by atoms with van der Waals surface area (Å²) in [6.07, 6.45) is 0. The van der Waals surface area contributed by atoms with Crippen LogP contribution in [0.1, 0.15) is 22.6 Å². The van der Waals surface area contributed by atoms with Crippen molar-refractivity contribution < 1.29 is 13.9 Å². The quantitative estimate of drug-likeness (QED) is 0.454. The second-order valence-electron chi connectivity index (χ2n) is 7.91. The van der Waals surface area contributed by atoms with Crippen LogP contribution in [0.4, 0.5) is 0 Å². The molecule has 2 N–H and O–H groups in total. The third-order valence-corrected chi connectivity index (χ3v) is 5.87. The summed E-state index contributed by atoms with van der Waals surface area (Å²) in [5, 5.41) is 10.5. The van der Waals surface area contributed by atoms with Crippen LogP contribution in [-0.2, 0) is 0 Å². The summed E-state index contributed by atoms with van der Waals surface area (Å²) in [7, 11) is 1.63. The molecule has 1 aliphatic heterocycles. The topological polar surface area (TPSA) is 98.5 Å². The van der Waals surface area contributed by atoms with Gasteiger partial charge in [0.1, 0.15) is 23.0 Å². The molecule has 3 aromatic carbocycles. The molecule has 6 nitrogen and oxygen atoms in total. The standard InChI is InChI=1S/C27H20N2O4/c1-15-6-11-22-20(12-15)25-24(27(30)32-22)23(21(14-28)26(29)33-25)17-9-7-16(8-10-17)18-4-3-5-19(13-18)31-2/h3-13,23H,29H2,1-2H3. The van der Waals surface area contributed by atoms with Crippen LogP contribution in [0.2, 0.25) is 0 Å². The number of aryl methyl sites for hydroxylation is 1. The van der Waals surface area contributed by atoms with Gasteiger partial charge in [-0.05, 0) is 47.9 Å². The first-order valence-electron chi connectivity index (χ1n) is 10.4. The van der Waals surface area contributed by atoms with E-state index in [1.807, 2.05) is 67.6 Å². The van der Waals surface area contributed by atoms with Gasteiger partial charge >= 0.3 is 5.63 Å². The summed E-state index contributed by atoms with van der Waals surface area (Å²) < 4.78 is 16.7. The van der Waals surface area contributed by atoms with Crippen LogP contribution in [0.3, 0.4) is 0 Å². The fourth-order valence-electron chi connectivity index (χ4n) is 4.24. The molecule has 0 aliphatic carbocycles. The highest BCUT2D eigenvalue weighted by molar-refractivity contribution is 5.86. The Morgan fingerprint density at radius 3 is 2.55 bits per heavy atom. The van der Waals surface area contributed by atoms with Crippen molar-refractivity contribution in [3.8, 4) is 28.7 Å². The van der Waals surface area contributed by atoms with E-state index in [1.54, 1.807) is 13.2 Å². The van der Waals surface area contributed by atoms with Crippen LogP contribution in [0.5, 0.6) is 11.5 Å². The largest absolute Gasteiger partial charge is 0.497 e. The predicted molar refractivity (Wildman–Crippen MR) is 125 cm³/mol. The minimum atomic E-state index is -0.695. The second kappa shape index (κ2) is 7.88. The highest BCUT2D eigenvalue weighted by atomic mass is 16.5. The van der Waals surface area contributed by atoms with Gasteiger partial charge in [0.25, 0.3) is 0 Å². The molecule has 5 rings (SSSR count).